The molecule has 1 aliphatic heterocycles. The Kier molecular flexibility index (Phi) is 4.43. The average Bonchev–Trinajstić information content (AvgIpc) is 3.19. The molecule has 0 spiro atoms. The second-order valence-corrected chi connectivity index (χ2v) is 6.43. The fourth-order valence-corrected chi connectivity index (χ4v) is 3.11. The van der Waals surface area contributed by atoms with Crippen molar-refractivity contribution in [3.05, 3.63) is 59.9 Å². The monoisotopic (exact) mass is 349 g/mol. The van der Waals surface area contributed by atoms with Crippen LogP contribution in [0.2, 0.25) is 0 Å². The van der Waals surface area contributed by atoms with Crippen molar-refractivity contribution in [2.24, 2.45) is 0 Å². The summed E-state index contributed by atoms with van der Waals surface area (Å²) >= 11 is 0. The number of likely N-dealkylation sites (tertiary alicyclic amines) is 1. The van der Waals surface area contributed by atoms with E-state index in [1.807, 2.05) is 42.2 Å². The summed E-state index contributed by atoms with van der Waals surface area (Å²) in [5, 5.41) is 4.03. The van der Waals surface area contributed by atoms with Gasteiger partial charge in [-0.25, -0.2) is 0 Å². The van der Waals surface area contributed by atoms with E-state index in [1.165, 1.54) is 0 Å². The lowest BCUT2D eigenvalue weighted by molar-refractivity contribution is 0.0704. The summed E-state index contributed by atoms with van der Waals surface area (Å²) in [6.07, 6.45) is 4.94. The zero-order valence-electron chi connectivity index (χ0n) is 14.5. The van der Waals surface area contributed by atoms with Crippen molar-refractivity contribution in [1.82, 2.24) is 25.0 Å². The van der Waals surface area contributed by atoms with Crippen molar-refractivity contribution in [2.75, 3.05) is 13.1 Å². The first-order valence-electron chi connectivity index (χ1n) is 8.67. The maximum Gasteiger partial charge on any atom is 0.255 e. The van der Waals surface area contributed by atoms with Crippen LogP contribution in [-0.4, -0.2) is 44.0 Å². The van der Waals surface area contributed by atoms with Crippen LogP contribution in [0.3, 0.4) is 0 Å². The normalized spacial score (nSPS) is 15.2. The second kappa shape index (κ2) is 7.03. The van der Waals surface area contributed by atoms with Gasteiger partial charge in [-0.3, -0.25) is 14.8 Å². The van der Waals surface area contributed by atoms with Gasteiger partial charge in [-0.1, -0.05) is 11.2 Å². The van der Waals surface area contributed by atoms with Crippen LogP contribution in [0.4, 0.5) is 0 Å². The van der Waals surface area contributed by atoms with Gasteiger partial charge in [0, 0.05) is 37.1 Å². The number of hydrogen-bond acceptors (Lipinski definition) is 6. The number of aromatic nitrogens is 4. The first-order chi connectivity index (χ1) is 12.7. The Morgan fingerprint density at radius 2 is 2.00 bits per heavy atom. The summed E-state index contributed by atoms with van der Waals surface area (Å²) in [6.45, 7) is 3.24. The van der Waals surface area contributed by atoms with Gasteiger partial charge in [0.05, 0.1) is 5.56 Å². The third kappa shape index (κ3) is 3.33. The molecule has 0 atom stereocenters. The van der Waals surface area contributed by atoms with E-state index in [-0.39, 0.29) is 11.8 Å². The summed E-state index contributed by atoms with van der Waals surface area (Å²) in [6, 6.07) is 9.28. The molecule has 4 rings (SSSR count). The van der Waals surface area contributed by atoms with Gasteiger partial charge >= 0.3 is 0 Å². The van der Waals surface area contributed by atoms with Crippen molar-refractivity contribution in [3.63, 3.8) is 0 Å². The molecule has 1 aliphatic rings. The number of carbonyl (C=O) groups is 1. The number of rotatable bonds is 3. The molecule has 0 aromatic carbocycles. The van der Waals surface area contributed by atoms with Gasteiger partial charge in [-0.2, -0.15) is 4.98 Å². The van der Waals surface area contributed by atoms with Gasteiger partial charge in [0.1, 0.15) is 5.69 Å². The van der Waals surface area contributed by atoms with Crippen LogP contribution in [0.1, 0.15) is 40.7 Å². The van der Waals surface area contributed by atoms with Crippen LogP contribution in [0.25, 0.3) is 11.5 Å². The Morgan fingerprint density at radius 1 is 1.15 bits per heavy atom. The molecule has 4 heterocycles. The van der Waals surface area contributed by atoms with Gasteiger partial charge in [0.25, 0.3) is 5.91 Å². The van der Waals surface area contributed by atoms with Gasteiger partial charge in [0.15, 0.2) is 0 Å². The third-order valence-electron chi connectivity index (χ3n) is 4.63. The molecule has 7 heteroatoms. The van der Waals surface area contributed by atoms with Crippen molar-refractivity contribution < 1.29 is 9.32 Å². The van der Waals surface area contributed by atoms with Crippen LogP contribution < -0.4 is 0 Å². The van der Waals surface area contributed by atoms with Gasteiger partial charge in [-0.15, -0.1) is 0 Å². The van der Waals surface area contributed by atoms with E-state index >= 15 is 0 Å². The van der Waals surface area contributed by atoms with Gasteiger partial charge in [-0.05, 0) is 44.0 Å². The highest BCUT2D eigenvalue weighted by atomic mass is 16.5. The number of pyridine rings is 2. The molecule has 3 aromatic rings. The van der Waals surface area contributed by atoms with Gasteiger partial charge < -0.3 is 9.42 Å². The molecule has 26 heavy (non-hydrogen) atoms. The molecule has 7 nitrogen and oxygen atoms in total. The number of carbonyl (C=O) groups excluding carboxylic acids is 1. The lowest BCUT2D eigenvalue weighted by Gasteiger charge is -2.30. The van der Waals surface area contributed by atoms with E-state index in [9.17, 15) is 4.79 Å². The standard InChI is InChI=1S/C19H19N5O2/c1-13-5-6-15(12-21-13)19(25)24-10-7-14(8-11-24)18-22-17(23-26-18)16-4-2-3-9-20-16/h2-6,9,12,14H,7-8,10-11H2,1H3. The van der Waals surface area contributed by atoms with Crippen molar-refractivity contribution >= 4 is 5.91 Å². The quantitative estimate of drug-likeness (QED) is 0.723. The van der Waals surface area contributed by atoms with E-state index in [0.29, 0.717) is 36.1 Å². The SMILES string of the molecule is Cc1ccc(C(=O)N2CCC(c3nc(-c4ccccn4)no3)CC2)cn1. The molecule has 1 fully saturated rings. The van der Waals surface area contributed by atoms with Gasteiger partial charge in [0.2, 0.25) is 11.7 Å². The lowest BCUT2D eigenvalue weighted by atomic mass is 9.96. The molecule has 1 amide bonds. The average molecular weight is 349 g/mol. The molecule has 132 valence electrons. The Morgan fingerprint density at radius 3 is 2.69 bits per heavy atom. The molecule has 1 saturated heterocycles. The highest BCUT2D eigenvalue weighted by Gasteiger charge is 2.28. The van der Waals surface area contributed by atoms with E-state index in [4.69, 9.17) is 4.52 Å². The van der Waals surface area contributed by atoms with Crippen molar-refractivity contribution in [3.8, 4) is 11.5 Å². The predicted octanol–water partition coefficient (Wildman–Crippen LogP) is 2.85. The number of nitrogens with zero attached hydrogens (tertiary/aromatic N) is 5. The molecule has 0 aliphatic carbocycles. The Bertz CT molecular complexity index is 884. The van der Waals surface area contributed by atoms with Crippen LogP contribution in [0.5, 0.6) is 0 Å². The number of aryl methyl sites for hydroxylation is 1. The summed E-state index contributed by atoms with van der Waals surface area (Å²) < 4.78 is 5.44. The summed E-state index contributed by atoms with van der Waals surface area (Å²) in [7, 11) is 0. The summed E-state index contributed by atoms with van der Waals surface area (Å²) in [4.78, 5) is 27.4. The molecule has 0 saturated carbocycles. The van der Waals surface area contributed by atoms with E-state index in [2.05, 4.69) is 20.1 Å². The minimum Gasteiger partial charge on any atom is -0.339 e. The smallest absolute Gasteiger partial charge is 0.255 e. The number of hydrogen-bond donors (Lipinski definition) is 0. The molecule has 3 aromatic heterocycles. The largest absolute Gasteiger partial charge is 0.339 e. The van der Waals surface area contributed by atoms with Crippen LogP contribution >= 0.6 is 0 Å². The second-order valence-electron chi connectivity index (χ2n) is 6.43. The molecule has 0 N–H and O–H groups in total. The first-order valence-corrected chi connectivity index (χ1v) is 8.67. The zero-order chi connectivity index (χ0) is 17.9. The molecular formula is C19H19N5O2. The number of piperidine rings is 1. The third-order valence-corrected chi connectivity index (χ3v) is 4.63. The van der Waals surface area contributed by atoms with E-state index < -0.39 is 0 Å². The van der Waals surface area contributed by atoms with Crippen molar-refractivity contribution in [1.29, 1.82) is 0 Å². The first kappa shape index (κ1) is 16.4. The minimum absolute atomic E-state index is 0.0238. The molecule has 0 bridgehead atoms. The minimum atomic E-state index is 0.0238. The highest BCUT2D eigenvalue weighted by molar-refractivity contribution is 5.94. The Labute approximate surface area is 151 Å². The fourth-order valence-electron chi connectivity index (χ4n) is 3.11. The topological polar surface area (TPSA) is 85.0 Å². The maximum absolute atomic E-state index is 12.6. The summed E-state index contributed by atoms with van der Waals surface area (Å²) in [5.41, 5.74) is 2.23. The van der Waals surface area contributed by atoms with E-state index in [0.717, 1.165) is 18.5 Å². The maximum atomic E-state index is 12.6. The van der Waals surface area contributed by atoms with Crippen molar-refractivity contribution in [2.45, 2.75) is 25.7 Å². The zero-order valence-corrected chi connectivity index (χ0v) is 14.5. The highest BCUT2D eigenvalue weighted by Crippen LogP contribution is 2.28. The summed E-state index contributed by atoms with van der Waals surface area (Å²) in [5.74, 6) is 1.32. The van der Waals surface area contributed by atoms with E-state index in [1.54, 1.807) is 12.4 Å². The van der Waals surface area contributed by atoms with Crippen LogP contribution in [-0.2, 0) is 0 Å². The molecule has 0 unspecified atom stereocenters. The molecule has 0 radical (unpaired) electrons. The fraction of sp³-hybridized carbons (Fsp3) is 0.316. The Balaban J connectivity index is 1.40. The van der Waals surface area contributed by atoms with Crippen LogP contribution in [0.15, 0.2) is 47.2 Å². The molecular weight excluding hydrogens is 330 g/mol. The number of amides is 1. The Hall–Kier alpha value is -3.09. The predicted molar refractivity (Wildman–Crippen MR) is 94.4 cm³/mol. The lowest BCUT2D eigenvalue weighted by Crippen LogP contribution is -2.38. The van der Waals surface area contributed by atoms with Crippen LogP contribution in [0, 0.1) is 6.92 Å².